The largest absolute Gasteiger partial charge is 0.497 e. The van der Waals surface area contributed by atoms with Crippen molar-refractivity contribution in [3.8, 4) is 16.9 Å². The SMILES string of the molecule is COc1ccc(-c2cccc(/C=C3\S/C(=N/c4ccccc4)N(C)C3=O)c2)cc1. The summed E-state index contributed by atoms with van der Waals surface area (Å²) in [5.41, 5.74) is 3.99. The van der Waals surface area contributed by atoms with Gasteiger partial charge in [0.2, 0.25) is 0 Å². The molecule has 0 spiro atoms. The number of aliphatic imine (C=N–C) groups is 1. The maximum absolute atomic E-state index is 12.7. The Hall–Kier alpha value is -3.31. The van der Waals surface area contributed by atoms with Gasteiger partial charge in [-0.15, -0.1) is 0 Å². The molecule has 1 aliphatic rings. The van der Waals surface area contributed by atoms with Gasteiger partial charge in [-0.3, -0.25) is 9.69 Å². The zero-order valence-electron chi connectivity index (χ0n) is 16.2. The topological polar surface area (TPSA) is 41.9 Å². The molecule has 1 saturated heterocycles. The third kappa shape index (κ3) is 4.25. The molecule has 0 unspecified atom stereocenters. The van der Waals surface area contributed by atoms with Crippen LogP contribution in [0.15, 0.2) is 88.8 Å². The number of ether oxygens (including phenoxy) is 1. The van der Waals surface area contributed by atoms with E-state index in [-0.39, 0.29) is 5.91 Å². The van der Waals surface area contributed by atoms with Crippen LogP contribution in [-0.2, 0) is 4.79 Å². The minimum atomic E-state index is -0.0421. The summed E-state index contributed by atoms with van der Waals surface area (Å²) in [4.78, 5) is 19.5. The Labute approximate surface area is 174 Å². The molecule has 0 bridgehead atoms. The molecule has 0 aromatic heterocycles. The zero-order chi connectivity index (χ0) is 20.2. The second-order valence-corrected chi connectivity index (χ2v) is 7.57. The van der Waals surface area contributed by atoms with Crippen LogP contribution < -0.4 is 4.74 Å². The fourth-order valence-electron chi connectivity index (χ4n) is 3.01. The van der Waals surface area contributed by atoms with Gasteiger partial charge >= 0.3 is 0 Å². The lowest BCUT2D eigenvalue weighted by Crippen LogP contribution is -2.23. The maximum atomic E-state index is 12.7. The fraction of sp³-hybridized carbons (Fsp3) is 0.0833. The maximum Gasteiger partial charge on any atom is 0.266 e. The van der Waals surface area contributed by atoms with Crippen LogP contribution in [0.25, 0.3) is 17.2 Å². The van der Waals surface area contributed by atoms with E-state index in [1.807, 2.05) is 72.8 Å². The van der Waals surface area contributed by atoms with Crippen LogP contribution in [0.5, 0.6) is 5.75 Å². The number of benzene rings is 3. The first-order valence-corrected chi connectivity index (χ1v) is 10.0. The summed E-state index contributed by atoms with van der Waals surface area (Å²) in [5, 5.41) is 0.679. The van der Waals surface area contributed by atoms with Gasteiger partial charge in [0.15, 0.2) is 5.17 Å². The molecular formula is C24H20N2O2S. The van der Waals surface area contributed by atoms with Crippen molar-refractivity contribution in [1.82, 2.24) is 4.90 Å². The summed E-state index contributed by atoms with van der Waals surface area (Å²) < 4.78 is 5.23. The molecule has 4 rings (SSSR count). The number of likely N-dealkylation sites (N-methyl/N-ethyl adjacent to an activating group) is 1. The Balaban J connectivity index is 1.60. The predicted molar refractivity (Wildman–Crippen MR) is 120 cm³/mol. The molecular weight excluding hydrogens is 380 g/mol. The number of rotatable bonds is 4. The number of carbonyl (C=O) groups excluding carboxylic acids is 1. The Morgan fingerprint density at radius 2 is 1.69 bits per heavy atom. The van der Waals surface area contributed by atoms with Gasteiger partial charge in [0.1, 0.15) is 5.75 Å². The quantitative estimate of drug-likeness (QED) is 0.536. The lowest BCUT2D eigenvalue weighted by molar-refractivity contribution is -0.121. The molecule has 1 amide bonds. The van der Waals surface area contributed by atoms with E-state index in [2.05, 4.69) is 17.1 Å². The van der Waals surface area contributed by atoms with Gasteiger partial charge in [0.25, 0.3) is 5.91 Å². The highest BCUT2D eigenvalue weighted by atomic mass is 32.2. The smallest absolute Gasteiger partial charge is 0.266 e. The molecule has 0 radical (unpaired) electrons. The van der Waals surface area contributed by atoms with Crippen molar-refractivity contribution in [1.29, 1.82) is 0 Å². The zero-order valence-corrected chi connectivity index (χ0v) is 17.0. The summed E-state index contributed by atoms with van der Waals surface area (Å²) in [5.74, 6) is 0.785. The molecule has 1 heterocycles. The van der Waals surface area contributed by atoms with Crippen molar-refractivity contribution in [2.75, 3.05) is 14.2 Å². The van der Waals surface area contributed by atoms with E-state index >= 15 is 0 Å². The summed E-state index contributed by atoms with van der Waals surface area (Å²) >= 11 is 1.39. The van der Waals surface area contributed by atoms with Crippen LogP contribution in [0.3, 0.4) is 0 Å². The second-order valence-electron chi connectivity index (χ2n) is 6.56. The molecule has 0 saturated carbocycles. The third-order valence-electron chi connectivity index (χ3n) is 4.59. The van der Waals surface area contributed by atoms with Gasteiger partial charge in [-0.25, -0.2) is 4.99 Å². The Kier molecular flexibility index (Phi) is 5.49. The molecule has 4 nitrogen and oxygen atoms in total. The lowest BCUT2D eigenvalue weighted by atomic mass is 10.0. The van der Waals surface area contributed by atoms with Crippen molar-refractivity contribution >= 4 is 34.6 Å². The monoisotopic (exact) mass is 400 g/mol. The Morgan fingerprint density at radius 3 is 2.41 bits per heavy atom. The number of nitrogens with zero attached hydrogens (tertiary/aromatic N) is 2. The number of amides is 1. The van der Waals surface area contributed by atoms with Gasteiger partial charge in [-0.2, -0.15) is 0 Å². The minimum absolute atomic E-state index is 0.0421. The highest BCUT2D eigenvalue weighted by Gasteiger charge is 2.30. The van der Waals surface area contributed by atoms with Crippen molar-refractivity contribution in [2.24, 2.45) is 4.99 Å². The molecule has 5 heteroatoms. The molecule has 1 fully saturated rings. The number of thioether (sulfide) groups is 1. The second kappa shape index (κ2) is 8.37. The van der Waals surface area contributed by atoms with E-state index in [1.54, 1.807) is 19.1 Å². The number of methoxy groups -OCH3 is 1. The van der Waals surface area contributed by atoms with Crippen LogP contribution in [0.4, 0.5) is 5.69 Å². The summed E-state index contributed by atoms with van der Waals surface area (Å²) in [7, 11) is 3.41. The molecule has 144 valence electrons. The number of amidine groups is 1. The summed E-state index contributed by atoms with van der Waals surface area (Å²) in [6.45, 7) is 0. The molecule has 1 aliphatic heterocycles. The van der Waals surface area contributed by atoms with Crippen LogP contribution in [0, 0.1) is 0 Å². The van der Waals surface area contributed by atoms with Gasteiger partial charge in [-0.05, 0) is 64.9 Å². The van der Waals surface area contributed by atoms with Crippen LogP contribution in [0.2, 0.25) is 0 Å². The van der Waals surface area contributed by atoms with Gasteiger partial charge < -0.3 is 4.74 Å². The normalized spacial score (nSPS) is 16.6. The van der Waals surface area contributed by atoms with E-state index in [1.165, 1.54) is 11.8 Å². The summed E-state index contributed by atoms with van der Waals surface area (Å²) in [6.07, 6.45) is 1.92. The average molecular weight is 401 g/mol. The lowest BCUT2D eigenvalue weighted by Gasteiger charge is -2.07. The number of hydrogen-bond acceptors (Lipinski definition) is 4. The van der Waals surface area contributed by atoms with Crippen molar-refractivity contribution < 1.29 is 9.53 Å². The van der Waals surface area contributed by atoms with Crippen molar-refractivity contribution in [2.45, 2.75) is 0 Å². The molecule has 3 aromatic carbocycles. The summed E-state index contributed by atoms with van der Waals surface area (Å²) in [6, 6.07) is 25.7. The molecule has 29 heavy (non-hydrogen) atoms. The third-order valence-corrected chi connectivity index (χ3v) is 5.65. The number of hydrogen-bond donors (Lipinski definition) is 0. The van der Waals surface area contributed by atoms with Gasteiger partial charge in [-0.1, -0.05) is 48.5 Å². The first-order chi connectivity index (χ1) is 14.1. The van der Waals surface area contributed by atoms with Crippen molar-refractivity contribution in [3.63, 3.8) is 0 Å². The van der Waals surface area contributed by atoms with Gasteiger partial charge in [0, 0.05) is 7.05 Å². The first kappa shape index (κ1) is 19.0. The van der Waals surface area contributed by atoms with Crippen LogP contribution in [0.1, 0.15) is 5.56 Å². The van der Waals surface area contributed by atoms with E-state index in [9.17, 15) is 4.79 Å². The van der Waals surface area contributed by atoms with E-state index in [4.69, 9.17) is 4.74 Å². The van der Waals surface area contributed by atoms with Gasteiger partial charge in [0.05, 0.1) is 17.7 Å². The Bertz CT molecular complexity index is 1090. The molecule has 0 aliphatic carbocycles. The first-order valence-electron chi connectivity index (χ1n) is 9.20. The highest BCUT2D eigenvalue weighted by Crippen LogP contribution is 2.33. The highest BCUT2D eigenvalue weighted by molar-refractivity contribution is 8.18. The van der Waals surface area contributed by atoms with E-state index < -0.39 is 0 Å². The molecule has 0 N–H and O–H groups in total. The predicted octanol–water partition coefficient (Wildman–Crippen LogP) is 5.60. The number of carbonyl (C=O) groups is 1. The van der Waals surface area contributed by atoms with Crippen LogP contribution in [-0.4, -0.2) is 30.1 Å². The Morgan fingerprint density at radius 1 is 0.931 bits per heavy atom. The van der Waals surface area contributed by atoms with E-state index in [0.29, 0.717) is 10.1 Å². The van der Waals surface area contributed by atoms with Crippen molar-refractivity contribution in [3.05, 3.63) is 89.3 Å². The van der Waals surface area contributed by atoms with Crippen LogP contribution >= 0.6 is 11.8 Å². The fourth-order valence-corrected chi connectivity index (χ4v) is 3.99. The average Bonchev–Trinajstić information content (AvgIpc) is 3.02. The molecule has 0 atom stereocenters. The minimum Gasteiger partial charge on any atom is -0.497 e. The number of para-hydroxylation sites is 1. The van der Waals surface area contributed by atoms with E-state index in [0.717, 1.165) is 28.1 Å². The molecule has 3 aromatic rings. The standard InChI is InChI=1S/C24H20N2O2S/c1-26-23(27)22(29-24(26)25-20-9-4-3-5-10-20)16-17-7-6-8-19(15-17)18-11-13-21(28-2)14-12-18/h3-16H,1-2H3/b22-16-,25-24+.